The van der Waals surface area contributed by atoms with E-state index in [2.05, 4.69) is 61.6 Å². The fourth-order valence-electron chi connectivity index (χ4n) is 2.91. The van der Waals surface area contributed by atoms with Gasteiger partial charge in [-0.3, -0.25) is 0 Å². The van der Waals surface area contributed by atoms with Crippen molar-refractivity contribution in [2.24, 2.45) is 0 Å². The molecule has 0 heterocycles. The third kappa shape index (κ3) is 1.28. The van der Waals surface area contributed by atoms with E-state index < -0.39 is 8.80 Å². The molecule has 2 aromatic rings. The van der Waals surface area contributed by atoms with Gasteiger partial charge in [0.05, 0.1) is 0 Å². The highest BCUT2D eigenvalue weighted by atomic mass is 28.3. The lowest BCUT2D eigenvalue weighted by molar-refractivity contribution is 1.16. The van der Waals surface area contributed by atoms with Crippen LogP contribution in [0.2, 0.25) is 13.1 Å². The van der Waals surface area contributed by atoms with Gasteiger partial charge in [-0.15, -0.1) is 0 Å². The maximum atomic E-state index is 2.45. The zero-order valence-electron chi connectivity index (χ0n) is 9.77. The van der Waals surface area contributed by atoms with Crippen LogP contribution in [0.15, 0.2) is 48.5 Å². The first-order valence-electron chi connectivity index (χ1n) is 5.97. The summed E-state index contributed by atoms with van der Waals surface area (Å²) in [5.74, 6) is 0. The summed E-state index contributed by atoms with van der Waals surface area (Å²) in [4.78, 5) is 0. The molecule has 1 aliphatic rings. The van der Waals surface area contributed by atoms with Gasteiger partial charge >= 0.3 is 0 Å². The van der Waals surface area contributed by atoms with Crippen molar-refractivity contribution in [2.75, 3.05) is 0 Å². The average Bonchev–Trinajstić information content (AvgIpc) is 2.63. The summed E-state index contributed by atoms with van der Waals surface area (Å²) in [6.45, 7) is 4.90. The molecule has 1 heteroatoms. The molecule has 16 heavy (non-hydrogen) atoms. The van der Waals surface area contributed by atoms with E-state index in [0.717, 1.165) is 0 Å². The first-order chi connectivity index (χ1) is 7.79. The highest BCUT2D eigenvalue weighted by Crippen LogP contribution is 2.45. The Bertz CT molecular complexity index is 483. The van der Waals surface area contributed by atoms with Gasteiger partial charge in [0, 0.05) is 14.3 Å². The summed E-state index contributed by atoms with van der Waals surface area (Å²) >= 11 is 0. The predicted molar refractivity (Wildman–Crippen MR) is 72.6 cm³/mol. The Balaban J connectivity index is 2.30. The standard InChI is InChI=1S/C15H16Si/c1-16(2)15-13-9-5-3-7-11(13)12-8-4-6-10-14(12)15/h3-10,15-16H,1-2H3. The van der Waals surface area contributed by atoms with E-state index in [9.17, 15) is 0 Å². The summed E-state index contributed by atoms with van der Waals surface area (Å²) in [5.41, 5.74) is 6.76. The predicted octanol–water partition coefficient (Wildman–Crippen LogP) is 3.82. The number of fused-ring (bicyclic) bond motifs is 3. The molecule has 0 bridgehead atoms. The molecule has 0 amide bonds. The Labute approximate surface area is 98.6 Å². The Morgan fingerprint density at radius 3 is 1.62 bits per heavy atom. The highest BCUT2D eigenvalue weighted by molar-refractivity contribution is 6.59. The first kappa shape index (κ1) is 9.85. The molecular weight excluding hydrogens is 208 g/mol. The maximum Gasteiger partial charge on any atom is 0.0444 e. The summed E-state index contributed by atoms with van der Waals surface area (Å²) in [5, 5.41) is 0. The molecule has 0 spiro atoms. The monoisotopic (exact) mass is 224 g/mol. The number of hydrogen-bond acceptors (Lipinski definition) is 0. The van der Waals surface area contributed by atoms with Crippen molar-refractivity contribution in [3.8, 4) is 11.1 Å². The van der Waals surface area contributed by atoms with Gasteiger partial charge in [0.15, 0.2) is 0 Å². The van der Waals surface area contributed by atoms with Crippen LogP contribution in [-0.4, -0.2) is 8.80 Å². The minimum Gasteiger partial charge on any atom is -0.0714 e. The Morgan fingerprint density at radius 2 is 1.19 bits per heavy atom. The summed E-state index contributed by atoms with van der Waals surface area (Å²) in [6, 6.07) is 17.8. The van der Waals surface area contributed by atoms with Crippen LogP contribution in [0.5, 0.6) is 0 Å². The second-order valence-corrected chi connectivity index (χ2v) is 8.05. The molecule has 2 aromatic carbocycles. The first-order valence-corrected chi connectivity index (χ1v) is 8.95. The van der Waals surface area contributed by atoms with E-state index in [1.807, 2.05) is 0 Å². The smallest absolute Gasteiger partial charge is 0.0444 e. The van der Waals surface area contributed by atoms with Gasteiger partial charge in [-0.05, 0) is 22.3 Å². The van der Waals surface area contributed by atoms with Gasteiger partial charge < -0.3 is 0 Å². The van der Waals surface area contributed by atoms with Crippen molar-refractivity contribution < 1.29 is 0 Å². The summed E-state index contributed by atoms with van der Waals surface area (Å²) < 4.78 is 0. The normalized spacial score (nSPS) is 13.9. The van der Waals surface area contributed by atoms with Crippen LogP contribution in [0.3, 0.4) is 0 Å². The van der Waals surface area contributed by atoms with Crippen molar-refractivity contribution in [1.82, 2.24) is 0 Å². The van der Waals surface area contributed by atoms with Crippen molar-refractivity contribution in [2.45, 2.75) is 18.6 Å². The van der Waals surface area contributed by atoms with E-state index in [-0.39, 0.29) is 0 Å². The van der Waals surface area contributed by atoms with E-state index >= 15 is 0 Å². The van der Waals surface area contributed by atoms with Gasteiger partial charge in [-0.2, -0.15) is 0 Å². The van der Waals surface area contributed by atoms with Gasteiger partial charge in [0.25, 0.3) is 0 Å². The topological polar surface area (TPSA) is 0 Å². The van der Waals surface area contributed by atoms with Gasteiger partial charge in [-0.25, -0.2) is 0 Å². The second-order valence-electron chi connectivity index (χ2n) is 4.90. The molecule has 0 unspecified atom stereocenters. The van der Waals surface area contributed by atoms with Gasteiger partial charge in [0.2, 0.25) is 0 Å². The molecule has 1 aliphatic carbocycles. The van der Waals surface area contributed by atoms with Crippen molar-refractivity contribution in [3.05, 3.63) is 59.7 Å². The lowest BCUT2D eigenvalue weighted by atomic mass is 10.1. The minimum atomic E-state index is -0.697. The SMILES string of the molecule is C[SiH](C)C1c2ccccc2-c2ccccc21. The van der Waals surface area contributed by atoms with Crippen LogP contribution < -0.4 is 0 Å². The summed E-state index contributed by atoms with van der Waals surface area (Å²) in [7, 11) is -0.697. The molecular formula is C15H16Si. The van der Waals surface area contributed by atoms with Crippen LogP contribution in [0.25, 0.3) is 11.1 Å². The third-order valence-electron chi connectivity index (χ3n) is 3.55. The molecule has 0 fully saturated rings. The quantitative estimate of drug-likeness (QED) is 0.646. The van der Waals surface area contributed by atoms with Gasteiger partial charge in [-0.1, -0.05) is 61.6 Å². The molecule has 0 aliphatic heterocycles. The van der Waals surface area contributed by atoms with E-state index in [4.69, 9.17) is 0 Å². The van der Waals surface area contributed by atoms with E-state index in [1.54, 1.807) is 11.1 Å². The fraction of sp³-hybridized carbons (Fsp3) is 0.200. The highest BCUT2D eigenvalue weighted by Gasteiger charge is 2.30. The van der Waals surface area contributed by atoms with E-state index in [1.165, 1.54) is 11.1 Å². The number of hydrogen-bond donors (Lipinski definition) is 0. The van der Waals surface area contributed by atoms with E-state index in [0.29, 0.717) is 5.54 Å². The summed E-state index contributed by atoms with van der Waals surface area (Å²) in [6.07, 6.45) is 0. The zero-order valence-corrected chi connectivity index (χ0v) is 10.9. The molecule has 0 saturated carbocycles. The van der Waals surface area contributed by atoms with Crippen LogP contribution in [0, 0.1) is 0 Å². The molecule has 0 saturated heterocycles. The number of benzene rings is 2. The second kappa shape index (κ2) is 3.60. The van der Waals surface area contributed by atoms with Crippen molar-refractivity contribution in [1.29, 1.82) is 0 Å². The third-order valence-corrected chi connectivity index (χ3v) is 5.60. The minimum absolute atomic E-state index is 0.697. The maximum absolute atomic E-state index is 2.45. The van der Waals surface area contributed by atoms with Crippen molar-refractivity contribution >= 4 is 8.80 Å². The van der Waals surface area contributed by atoms with Gasteiger partial charge in [0.1, 0.15) is 0 Å². The molecule has 0 radical (unpaired) electrons. The lowest BCUT2D eigenvalue weighted by Crippen LogP contribution is -2.14. The Kier molecular flexibility index (Phi) is 2.22. The van der Waals surface area contributed by atoms with Crippen LogP contribution in [-0.2, 0) is 0 Å². The zero-order chi connectivity index (χ0) is 11.1. The molecule has 0 nitrogen and oxygen atoms in total. The Hall–Kier alpha value is -1.34. The van der Waals surface area contributed by atoms with Crippen molar-refractivity contribution in [3.63, 3.8) is 0 Å². The van der Waals surface area contributed by atoms with Crippen LogP contribution in [0.4, 0.5) is 0 Å². The Morgan fingerprint density at radius 1 is 0.750 bits per heavy atom. The van der Waals surface area contributed by atoms with Crippen LogP contribution in [0.1, 0.15) is 16.7 Å². The molecule has 0 aromatic heterocycles. The fourth-order valence-corrected chi connectivity index (χ4v) is 4.93. The molecule has 0 N–H and O–H groups in total. The van der Waals surface area contributed by atoms with Crippen LogP contribution >= 0.6 is 0 Å². The molecule has 80 valence electrons. The lowest BCUT2D eigenvalue weighted by Gasteiger charge is -2.16. The molecule has 0 atom stereocenters. The molecule has 3 rings (SSSR count). The number of rotatable bonds is 1. The largest absolute Gasteiger partial charge is 0.0714 e. The average molecular weight is 224 g/mol.